The Labute approximate surface area is 147 Å². The van der Waals surface area contributed by atoms with E-state index in [2.05, 4.69) is 15.5 Å². The van der Waals surface area contributed by atoms with E-state index >= 15 is 0 Å². The summed E-state index contributed by atoms with van der Waals surface area (Å²) in [4.78, 5) is 18.7. The molecule has 3 rings (SSSR count). The number of nitrogens with zero attached hydrogens (tertiary/aromatic N) is 3. The average Bonchev–Trinajstić information content (AvgIpc) is 3.29. The molecule has 0 unspecified atom stereocenters. The van der Waals surface area contributed by atoms with Crippen molar-refractivity contribution in [2.24, 2.45) is 5.92 Å². The summed E-state index contributed by atoms with van der Waals surface area (Å²) in [6, 6.07) is 7.21. The number of hydrogen-bond donors (Lipinski definition) is 1. The van der Waals surface area contributed by atoms with Crippen molar-refractivity contribution in [3.05, 3.63) is 41.5 Å². The topological polar surface area (TPSA) is 80.5 Å². The zero-order valence-corrected chi connectivity index (χ0v) is 14.7. The van der Waals surface area contributed by atoms with Crippen LogP contribution in [0.1, 0.15) is 35.4 Å². The van der Waals surface area contributed by atoms with E-state index in [1.54, 1.807) is 24.3 Å². The number of hydrogen-bond acceptors (Lipinski definition) is 6. The fourth-order valence-corrected chi connectivity index (χ4v) is 2.99. The molecule has 1 amide bonds. The van der Waals surface area contributed by atoms with E-state index in [4.69, 9.17) is 9.26 Å². The molecule has 2 aromatic rings. The Balaban J connectivity index is 1.54. The van der Waals surface area contributed by atoms with E-state index in [9.17, 15) is 4.79 Å². The fourth-order valence-electron chi connectivity index (χ4n) is 2.99. The molecule has 0 aliphatic carbocycles. The molecule has 0 saturated carbocycles. The summed E-state index contributed by atoms with van der Waals surface area (Å²) < 4.78 is 10.7. The second-order valence-electron chi connectivity index (χ2n) is 6.23. The first kappa shape index (κ1) is 17.4. The number of benzene rings is 1. The van der Waals surface area contributed by atoms with Crippen molar-refractivity contribution in [3.63, 3.8) is 0 Å². The highest BCUT2D eigenvalue weighted by molar-refractivity contribution is 5.94. The Morgan fingerprint density at radius 3 is 2.88 bits per heavy atom. The molecule has 134 valence electrons. The molecule has 1 aliphatic heterocycles. The van der Waals surface area contributed by atoms with E-state index in [-0.39, 0.29) is 12.5 Å². The van der Waals surface area contributed by atoms with E-state index < -0.39 is 0 Å². The number of carbonyl (C=O) groups excluding carboxylic acids is 1. The SMILES string of the molecule is CCc1nc(COc2ccc(C(=O)N3CC[C@@H](CNC)C3)cc2)no1. The predicted molar refractivity (Wildman–Crippen MR) is 92.4 cm³/mol. The largest absolute Gasteiger partial charge is 0.485 e. The highest BCUT2D eigenvalue weighted by Crippen LogP contribution is 2.20. The maximum atomic E-state index is 12.6. The van der Waals surface area contributed by atoms with Gasteiger partial charge in [-0.2, -0.15) is 4.98 Å². The van der Waals surface area contributed by atoms with Crippen LogP contribution in [-0.4, -0.2) is 47.6 Å². The highest BCUT2D eigenvalue weighted by atomic mass is 16.5. The van der Waals surface area contributed by atoms with Crippen LogP contribution in [0.4, 0.5) is 0 Å². The van der Waals surface area contributed by atoms with Gasteiger partial charge in [0.1, 0.15) is 5.75 Å². The number of aryl methyl sites for hydroxylation is 1. The van der Waals surface area contributed by atoms with Crippen molar-refractivity contribution in [2.75, 3.05) is 26.7 Å². The summed E-state index contributed by atoms with van der Waals surface area (Å²) in [5.41, 5.74) is 0.685. The molecule has 7 nitrogen and oxygen atoms in total. The molecule has 0 spiro atoms. The maximum absolute atomic E-state index is 12.6. The quantitative estimate of drug-likeness (QED) is 0.826. The molecular weight excluding hydrogens is 320 g/mol. The minimum absolute atomic E-state index is 0.0795. The Hall–Kier alpha value is -2.41. The maximum Gasteiger partial charge on any atom is 0.253 e. The van der Waals surface area contributed by atoms with Gasteiger partial charge < -0.3 is 19.5 Å². The average molecular weight is 344 g/mol. The summed E-state index contributed by atoms with van der Waals surface area (Å²) in [7, 11) is 1.95. The van der Waals surface area contributed by atoms with Gasteiger partial charge in [0, 0.05) is 25.1 Å². The number of ether oxygens (including phenoxy) is 1. The molecule has 1 aliphatic rings. The third-order valence-corrected chi connectivity index (χ3v) is 4.35. The number of aromatic nitrogens is 2. The number of nitrogens with one attached hydrogen (secondary N) is 1. The molecule has 1 aromatic carbocycles. The van der Waals surface area contributed by atoms with Crippen molar-refractivity contribution in [1.82, 2.24) is 20.4 Å². The molecule has 1 aromatic heterocycles. The van der Waals surface area contributed by atoms with Gasteiger partial charge in [-0.25, -0.2) is 0 Å². The van der Waals surface area contributed by atoms with E-state index in [0.29, 0.717) is 35.4 Å². The Morgan fingerprint density at radius 2 is 2.20 bits per heavy atom. The van der Waals surface area contributed by atoms with Gasteiger partial charge >= 0.3 is 0 Å². The molecule has 1 N–H and O–H groups in total. The standard InChI is InChI=1S/C18H24N4O3/c1-3-17-20-16(21-25-17)12-24-15-6-4-14(5-7-15)18(23)22-9-8-13(11-22)10-19-2/h4-7,13,19H,3,8-12H2,1-2H3/t13-/m0/s1. The van der Waals surface area contributed by atoms with Crippen molar-refractivity contribution in [1.29, 1.82) is 0 Å². The first-order valence-corrected chi connectivity index (χ1v) is 8.67. The first-order chi connectivity index (χ1) is 12.2. The third kappa shape index (κ3) is 4.36. The summed E-state index contributed by atoms with van der Waals surface area (Å²) in [5.74, 6) is 2.41. The normalized spacial score (nSPS) is 17.0. The van der Waals surface area contributed by atoms with Crippen LogP contribution in [0.15, 0.2) is 28.8 Å². The van der Waals surface area contributed by atoms with Gasteiger partial charge in [-0.3, -0.25) is 4.79 Å². The molecule has 1 saturated heterocycles. The first-order valence-electron chi connectivity index (χ1n) is 8.67. The van der Waals surface area contributed by atoms with Crippen LogP contribution in [0.2, 0.25) is 0 Å². The molecule has 0 radical (unpaired) electrons. The van der Waals surface area contributed by atoms with E-state index in [1.807, 2.05) is 18.9 Å². The summed E-state index contributed by atoms with van der Waals surface area (Å²) in [6.45, 7) is 4.78. The molecule has 0 bridgehead atoms. The third-order valence-electron chi connectivity index (χ3n) is 4.35. The number of carbonyl (C=O) groups is 1. The zero-order valence-electron chi connectivity index (χ0n) is 14.7. The van der Waals surface area contributed by atoms with Crippen molar-refractivity contribution < 1.29 is 14.1 Å². The Morgan fingerprint density at radius 1 is 1.40 bits per heavy atom. The van der Waals surface area contributed by atoms with Crippen LogP contribution >= 0.6 is 0 Å². The number of likely N-dealkylation sites (tertiary alicyclic amines) is 1. The predicted octanol–water partition coefficient (Wildman–Crippen LogP) is 1.89. The molecule has 1 atom stereocenters. The molecule has 2 heterocycles. The lowest BCUT2D eigenvalue weighted by Crippen LogP contribution is -2.30. The molecule has 1 fully saturated rings. The molecule has 25 heavy (non-hydrogen) atoms. The smallest absolute Gasteiger partial charge is 0.253 e. The summed E-state index contributed by atoms with van der Waals surface area (Å²) in [5, 5.41) is 7.02. The van der Waals surface area contributed by atoms with Crippen LogP contribution in [0.25, 0.3) is 0 Å². The van der Waals surface area contributed by atoms with Crippen LogP contribution in [0.5, 0.6) is 5.75 Å². The highest BCUT2D eigenvalue weighted by Gasteiger charge is 2.26. The molecule has 7 heteroatoms. The summed E-state index contributed by atoms with van der Waals surface area (Å²) >= 11 is 0. The number of amides is 1. The second-order valence-corrected chi connectivity index (χ2v) is 6.23. The minimum atomic E-state index is 0.0795. The van der Waals surface area contributed by atoms with Gasteiger partial charge in [-0.1, -0.05) is 12.1 Å². The lowest BCUT2D eigenvalue weighted by Gasteiger charge is -2.16. The van der Waals surface area contributed by atoms with Crippen LogP contribution in [-0.2, 0) is 13.0 Å². The van der Waals surface area contributed by atoms with Gasteiger partial charge in [-0.05, 0) is 50.2 Å². The van der Waals surface area contributed by atoms with Crippen LogP contribution in [0, 0.1) is 5.92 Å². The minimum Gasteiger partial charge on any atom is -0.485 e. The second kappa shape index (κ2) is 8.11. The Bertz CT molecular complexity index is 699. The van der Waals surface area contributed by atoms with Crippen molar-refractivity contribution in [2.45, 2.75) is 26.4 Å². The van der Waals surface area contributed by atoms with Crippen molar-refractivity contribution in [3.8, 4) is 5.75 Å². The van der Waals surface area contributed by atoms with E-state index in [1.165, 1.54) is 0 Å². The lowest BCUT2D eigenvalue weighted by atomic mass is 10.1. The zero-order chi connectivity index (χ0) is 17.6. The Kier molecular flexibility index (Phi) is 5.65. The van der Waals surface area contributed by atoms with Gasteiger partial charge in [0.2, 0.25) is 11.7 Å². The van der Waals surface area contributed by atoms with Crippen LogP contribution < -0.4 is 10.1 Å². The van der Waals surface area contributed by atoms with Gasteiger partial charge in [0.15, 0.2) is 6.61 Å². The number of rotatable bonds is 7. The van der Waals surface area contributed by atoms with E-state index in [0.717, 1.165) is 26.1 Å². The fraction of sp³-hybridized carbons (Fsp3) is 0.500. The monoisotopic (exact) mass is 344 g/mol. The van der Waals surface area contributed by atoms with Crippen LogP contribution in [0.3, 0.4) is 0 Å². The van der Waals surface area contributed by atoms with Gasteiger partial charge in [-0.15, -0.1) is 0 Å². The van der Waals surface area contributed by atoms with Gasteiger partial charge in [0.05, 0.1) is 0 Å². The lowest BCUT2D eigenvalue weighted by molar-refractivity contribution is 0.0787. The summed E-state index contributed by atoms with van der Waals surface area (Å²) in [6.07, 6.45) is 1.76. The van der Waals surface area contributed by atoms with Gasteiger partial charge in [0.25, 0.3) is 5.91 Å². The molecular formula is C18H24N4O3. The van der Waals surface area contributed by atoms with Crippen molar-refractivity contribution >= 4 is 5.91 Å².